The molecule has 1 unspecified atom stereocenters. The number of fused-ring (bicyclic) bond motifs is 1. The van der Waals surface area contributed by atoms with Crippen molar-refractivity contribution in [2.75, 3.05) is 5.73 Å². The molecule has 1 aliphatic heterocycles. The first-order valence-corrected chi connectivity index (χ1v) is 10.0. The van der Waals surface area contributed by atoms with Crippen molar-refractivity contribution in [1.82, 2.24) is 14.6 Å². The molecule has 0 spiro atoms. The molecule has 3 heterocycles. The van der Waals surface area contributed by atoms with Gasteiger partial charge in [0.25, 0.3) is 0 Å². The SMILES string of the molecule is CC[C@H]1O[C@@](CC)(c2ccc3c(N)ncnn23)[C@@H](OCc2ccccc2)C1C. The lowest BCUT2D eigenvalue weighted by Crippen LogP contribution is -2.41. The Kier molecular flexibility index (Phi) is 5.08. The van der Waals surface area contributed by atoms with Gasteiger partial charge in [-0.05, 0) is 30.5 Å². The summed E-state index contributed by atoms with van der Waals surface area (Å²) in [5, 5.41) is 4.46. The molecule has 4 rings (SSSR count). The Morgan fingerprint density at radius 3 is 2.68 bits per heavy atom. The molecule has 6 nitrogen and oxygen atoms in total. The number of aromatic nitrogens is 3. The van der Waals surface area contributed by atoms with Gasteiger partial charge < -0.3 is 15.2 Å². The molecule has 1 aromatic carbocycles. The van der Waals surface area contributed by atoms with Crippen LogP contribution in [0.2, 0.25) is 0 Å². The van der Waals surface area contributed by atoms with E-state index >= 15 is 0 Å². The lowest BCUT2D eigenvalue weighted by atomic mass is 9.84. The fraction of sp³-hybridized carbons (Fsp3) is 0.455. The van der Waals surface area contributed by atoms with Crippen molar-refractivity contribution >= 4 is 11.3 Å². The summed E-state index contributed by atoms with van der Waals surface area (Å²) in [6.45, 7) is 7.09. The van der Waals surface area contributed by atoms with Gasteiger partial charge in [-0.1, -0.05) is 51.1 Å². The molecule has 0 amide bonds. The highest BCUT2D eigenvalue weighted by Crippen LogP contribution is 2.48. The van der Waals surface area contributed by atoms with Crippen molar-refractivity contribution in [2.24, 2.45) is 5.92 Å². The van der Waals surface area contributed by atoms with Crippen LogP contribution in [0.5, 0.6) is 0 Å². The molecule has 2 aromatic heterocycles. The lowest BCUT2D eigenvalue weighted by molar-refractivity contribution is -0.120. The molecule has 6 heteroatoms. The molecule has 4 atom stereocenters. The van der Waals surface area contributed by atoms with Crippen LogP contribution in [0, 0.1) is 5.92 Å². The Hall–Kier alpha value is -2.44. The monoisotopic (exact) mass is 380 g/mol. The second kappa shape index (κ2) is 7.53. The third kappa shape index (κ3) is 2.97. The zero-order chi connectivity index (χ0) is 19.7. The molecule has 0 aliphatic carbocycles. The van der Waals surface area contributed by atoms with Gasteiger partial charge >= 0.3 is 0 Å². The first-order chi connectivity index (χ1) is 13.6. The number of ether oxygens (including phenoxy) is 2. The van der Waals surface area contributed by atoms with Gasteiger partial charge in [-0.15, -0.1) is 0 Å². The summed E-state index contributed by atoms with van der Waals surface area (Å²) in [4.78, 5) is 4.11. The Bertz CT molecular complexity index is 942. The van der Waals surface area contributed by atoms with Crippen molar-refractivity contribution in [3.05, 3.63) is 60.0 Å². The molecular formula is C22H28N4O2. The van der Waals surface area contributed by atoms with Crippen LogP contribution in [0.15, 0.2) is 48.8 Å². The number of anilines is 1. The minimum Gasteiger partial charge on any atom is -0.382 e. The predicted octanol–water partition coefficient (Wildman–Crippen LogP) is 3.95. The molecular weight excluding hydrogens is 352 g/mol. The molecule has 2 N–H and O–H groups in total. The Morgan fingerprint density at radius 2 is 1.96 bits per heavy atom. The van der Waals surface area contributed by atoms with Gasteiger partial charge in [0, 0.05) is 5.92 Å². The van der Waals surface area contributed by atoms with E-state index in [4.69, 9.17) is 15.2 Å². The van der Waals surface area contributed by atoms with Gasteiger partial charge in [-0.3, -0.25) is 0 Å². The Labute approximate surface area is 165 Å². The van der Waals surface area contributed by atoms with Crippen LogP contribution in [-0.4, -0.2) is 26.8 Å². The van der Waals surface area contributed by atoms with Crippen LogP contribution >= 0.6 is 0 Å². The summed E-state index contributed by atoms with van der Waals surface area (Å²) < 4.78 is 15.1. The van der Waals surface area contributed by atoms with E-state index in [1.165, 1.54) is 6.33 Å². The van der Waals surface area contributed by atoms with Crippen LogP contribution in [-0.2, 0) is 21.7 Å². The number of nitrogens with zero attached hydrogens (tertiary/aromatic N) is 3. The largest absolute Gasteiger partial charge is 0.382 e. The van der Waals surface area contributed by atoms with E-state index in [0.717, 1.165) is 29.6 Å². The van der Waals surface area contributed by atoms with E-state index < -0.39 is 5.60 Å². The van der Waals surface area contributed by atoms with Crippen molar-refractivity contribution < 1.29 is 9.47 Å². The zero-order valence-corrected chi connectivity index (χ0v) is 16.7. The van der Waals surface area contributed by atoms with Crippen LogP contribution in [0.4, 0.5) is 5.82 Å². The highest BCUT2D eigenvalue weighted by atomic mass is 16.6. The Balaban J connectivity index is 1.75. The fourth-order valence-electron chi connectivity index (χ4n) is 4.51. The van der Waals surface area contributed by atoms with Crippen LogP contribution < -0.4 is 5.73 Å². The number of rotatable bonds is 6. The van der Waals surface area contributed by atoms with Crippen LogP contribution in [0.3, 0.4) is 0 Å². The van der Waals surface area contributed by atoms with Crippen molar-refractivity contribution in [3.8, 4) is 0 Å². The second-order valence-electron chi connectivity index (χ2n) is 7.54. The van der Waals surface area contributed by atoms with E-state index in [-0.39, 0.29) is 18.1 Å². The highest BCUT2D eigenvalue weighted by Gasteiger charge is 2.54. The maximum absolute atomic E-state index is 6.71. The van der Waals surface area contributed by atoms with Gasteiger partial charge in [0.15, 0.2) is 5.82 Å². The quantitative estimate of drug-likeness (QED) is 0.701. The number of hydrogen-bond donors (Lipinski definition) is 1. The third-order valence-corrected chi connectivity index (χ3v) is 6.00. The van der Waals surface area contributed by atoms with E-state index in [1.807, 2.05) is 34.8 Å². The molecule has 1 aliphatic rings. The number of nitrogen functional groups attached to an aromatic ring is 1. The molecule has 1 saturated heterocycles. The molecule has 0 saturated carbocycles. The van der Waals surface area contributed by atoms with E-state index in [1.54, 1.807) is 0 Å². The molecule has 28 heavy (non-hydrogen) atoms. The van der Waals surface area contributed by atoms with Gasteiger partial charge in [0.2, 0.25) is 0 Å². The van der Waals surface area contributed by atoms with Crippen molar-refractivity contribution in [1.29, 1.82) is 0 Å². The van der Waals surface area contributed by atoms with Gasteiger partial charge in [0.1, 0.15) is 17.4 Å². The summed E-state index contributed by atoms with van der Waals surface area (Å²) in [6.07, 6.45) is 3.25. The third-order valence-electron chi connectivity index (χ3n) is 6.00. The summed E-state index contributed by atoms with van der Waals surface area (Å²) in [7, 11) is 0. The topological polar surface area (TPSA) is 74.7 Å². The molecule has 0 radical (unpaired) electrons. The normalized spacial score (nSPS) is 27.5. The summed E-state index contributed by atoms with van der Waals surface area (Å²) in [5.74, 6) is 0.728. The minimum absolute atomic E-state index is 0.0862. The smallest absolute Gasteiger partial charge is 0.151 e. The van der Waals surface area contributed by atoms with E-state index in [9.17, 15) is 0 Å². The van der Waals surface area contributed by atoms with Crippen LogP contribution in [0.1, 0.15) is 44.9 Å². The minimum atomic E-state index is -0.581. The number of benzene rings is 1. The summed E-state index contributed by atoms with van der Waals surface area (Å²) >= 11 is 0. The summed E-state index contributed by atoms with van der Waals surface area (Å²) in [5.41, 5.74) is 8.40. The van der Waals surface area contributed by atoms with E-state index in [0.29, 0.717) is 12.4 Å². The average molecular weight is 380 g/mol. The predicted molar refractivity (Wildman–Crippen MR) is 109 cm³/mol. The molecule has 0 bridgehead atoms. The van der Waals surface area contributed by atoms with Crippen molar-refractivity contribution in [2.45, 2.75) is 58.0 Å². The zero-order valence-electron chi connectivity index (χ0n) is 16.7. The second-order valence-corrected chi connectivity index (χ2v) is 7.54. The van der Waals surface area contributed by atoms with E-state index in [2.05, 4.69) is 43.0 Å². The van der Waals surface area contributed by atoms with Gasteiger partial charge in [0.05, 0.1) is 24.5 Å². The standard InChI is InChI=1S/C22H28N4O2/c1-4-18-15(3)20(27-13-16-9-7-6-8-10-16)22(5-2,28-18)19-12-11-17-21(23)24-14-25-26(17)19/h6-12,14-15,18,20H,4-5,13H2,1-3H3,(H2,23,24,25)/t15?,18-,20+,22+/m1/s1. The molecule has 148 valence electrons. The summed E-state index contributed by atoms with van der Waals surface area (Å²) in [6, 6.07) is 14.3. The first kappa shape index (κ1) is 18.9. The maximum atomic E-state index is 6.71. The number of hydrogen-bond acceptors (Lipinski definition) is 5. The average Bonchev–Trinajstić information content (AvgIpc) is 3.28. The fourth-order valence-corrected chi connectivity index (χ4v) is 4.51. The van der Waals surface area contributed by atoms with Crippen molar-refractivity contribution in [3.63, 3.8) is 0 Å². The molecule has 1 fully saturated rings. The van der Waals surface area contributed by atoms with Crippen LogP contribution in [0.25, 0.3) is 5.52 Å². The highest BCUT2D eigenvalue weighted by molar-refractivity contribution is 5.65. The van der Waals surface area contributed by atoms with Gasteiger partial charge in [-0.25, -0.2) is 9.50 Å². The maximum Gasteiger partial charge on any atom is 0.151 e. The van der Waals surface area contributed by atoms with Gasteiger partial charge in [-0.2, -0.15) is 5.10 Å². The molecule has 3 aromatic rings. The first-order valence-electron chi connectivity index (χ1n) is 10.0. The lowest BCUT2D eigenvalue weighted by Gasteiger charge is -2.34. The Morgan fingerprint density at radius 1 is 1.18 bits per heavy atom. The number of nitrogens with two attached hydrogens (primary N) is 1.